The van der Waals surface area contributed by atoms with Crippen molar-refractivity contribution in [1.29, 1.82) is 0 Å². The van der Waals surface area contributed by atoms with Crippen LogP contribution in [0.2, 0.25) is 0 Å². The van der Waals surface area contributed by atoms with Gasteiger partial charge in [-0.3, -0.25) is 4.79 Å². The van der Waals surface area contributed by atoms with Crippen molar-refractivity contribution in [2.75, 3.05) is 26.7 Å². The van der Waals surface area contributed by atoms with E-state index in [-0.39, 0.29) is 19.6 Å². The molecule has 2 N–H and O–H groups in total. The molecule has 1 unspecified atom stereocenters. The number of benzene rings is 1. The summed E-state index contributed by atoms with van der Waals surface area (Å²) in [7, 11) is 1.22. The highest BCUT2D eigenvalue weighted by Gasteiger charge is 2.44. The molecule has 1 aromatic carbocycles. The van der Waals surface area contributed by atoms with Gasteiger partial charge in [-0.25, -0.2) is 14.5 Å². The van der Waals surface area contributed by atoms with Crippen molar-refractivity contribution in [3.8, 4) is 0 Å². The highest BCUT2D eigenvalue weighted by atomic mass is 16.5. The SMILES string of the molecule is COC(=O)C(c1ccccc1)N1C(=O)CN(CCN)C1=O. The molecule has 0 spiro atoms. The molecule has 1 aromatic rings. The minimum absolute atomic E-state index is 0.0731. The highest BCUT2D eigenvalue weighted by Crippen LogP contribution is 2.27. The van der Waals surface area contributed by atoms with Gasteiger partial charge in [0.25, 0.3) is 5.91 Å². The third-order valence-corrected chi connectivity index (χ3v) is 3.27. The van der Waals surface area contributed by atoms with Crippen molar-refractivity contribution in [3.63, 3.8) is 0 Å². The number of urea groups is 1. The fourth-order valence-corrected chi connectivity index (χ4v) is 2.29. The Morgan fingerprint density at radius 3 is 2.57 bits per heavy atom. The number of ether oxygens (including phenoxy) is 1. The van der Waals surface area contributed by atoms with Gasteiger partial charge in [0.1, 0.15) is 6.54 Å². The average molecular weight is 291 g/mol. The first-order chi connectivity index (χ1) is 10.1. The molecule has 1 aliphatic heterocycles. The molecule has 0 radical (unpaired) electrons. The van der Waals surface area contributed by atoms with E-state index in [0.29, 0.717) is 5.56 Å². The van der Waals surface area contributed by atoms with Crippen LogP contribution in [0.4, 0.5) is 4.79 Å². The Kier molecular flexibility index (Phi) is 4.54. The third-order valence-electron chi connectivity index (χ3n) is 3.27. The van der Waals surface area contributed by atoms with Crippen molar-refractivity contribution < 1.29 is 19.1 Å². The van der Waals surface area contributed by atoms with Gasteiger partial charge in [0.15, 0.2) is 6.04 Å². The maximum absolute atomic E-state index is 12.3. The number of nitrogens with two attached hydrogens (primary N) is 1. The molecule has 7 heteroatoms. The molecular weight excluding hydrogens is 274 g/mol. The molecule has 3 amide bonds. The molecule has 21 heavy (non-hydrogen) atoms. The Morgan fingerprint density at radius 1 is 1.33 bits per heavy atom. The normalized spacial score (nSPS) is 16.3. The van der Waals surface area contributed by atoms with Crippen LogP contribution in [0.15, 0.2) is 30.3 Å². The van der Waals surface area contributed by atoms with Gasteiger partial charge < -0.3 is 15.4 Å². The lowest BCUT2D eigenvalue weighted by Gasteiger charge is -2.24. The van der Waals surface area contributed by atoms with E-state index in [4.69, 9.17) is 10.5 Å². The second-order valence-corrected chi connectivity index (χ2v) is 4.59. The quantitative estimate of drug-likeness (QED) is 0.614. The summed E-state index contributed by atoms with van der Waals surface area (Å²) in [6.45, 7) is 0.446. The van der Waals surface area contributed by atoms with Crippen LogP contribution in [0.5, 0.6) is 0 Å². The maximum atomic E-state index is 12.3. The first kappa shape index (κ1) is 15.0. The molecular formula is C14H17N3O4. The van der Waals surface area contributed by atoms with Crippen molar-refractivity contribution in [1.82, 2.24) is 9.80 Å². The molecule has 0 aliphatic carbocycles. The Morgan fingerprint density at radius 2 is 2.00 bits per heavy atom. The largest absolute Gasteiger partial charge is 0.467 e. The smallest absolute Gasteiger partial charge is 0.333 e. The first-order valence-corrected chi connectivity index (χ1v) is 6.54. The van der Waals surface area contributed by atoms with E-state index < -0.39 is 23.9 Å². The van der Waals surface area contributed by atoms with Crippen LogP contribution in [-0.4, -0.2) is 54.5 Å². The zero-order valence-corrected chi connectivity index (χ0v) is 11.7. The van der Waals surface area contributed by atoms with Gasteiger partial charge in [0.05, 0.1) is 7.11 Å². The molecule has 0 saturated carbocycles. The fourth-order valence-electron chi connectivity index (χ4n) is 2.29. The van der Waals surface area contributed by atoms with E-state index in [1.165, 1.54) is 12.0 Å². The van der Waals surface area contributed by atoms with E-state index in [1.54, 1.807) is 30.3 Å². The third kappa shape index (κ3) is 2.87. The maximum Gasteiger partial charge on any atom is 0.333 e. The number of hydrogen-bond acceptors (Lipinski definition) is 5. The number of esters is 1. The van der Waals surface area contributed by atoms with Gasteiger partial charge in [0.2, 0.25) is 0 Å². The molecule has 0 bridgehead atoms. The highest BCUT2D eigenvalue weighted by molar-refractivity contribution is 6.05. The van der Waals surface area contributed by atoms with Crippen LogP contribution in [0, 0.1) is 0 Å². The first-order valence-electron chi connectivity index (χ1n) is 6.54. The number of rotatable bonds is 5. The van der Waals surface area contributed by atoms with Gasteiger partial charge in [-0.15, -0.1) is 0 Å². The number of carbonyl (C=O) groups is 3. The minimum Gasteiger partial charge on any atom is -0.467 e. The summed E-state index contributed by atoms with van der Waals surface area (Å²) in [5.41, 5.74) is 5.95. The van der Waals surface area contributed by atoms with Crippen LogP contribution in [-0.2, 0) is 14.3 Å². The summed E-state index contributed by atoms with van der Waals surface area (Å²) in [6, 6.07) is 7.00. The van der Waals surface area contributed by atoms with Crippen molar-refractivity contribution in [2.24, 2.45) is 5.73 Å². The summed E-state index contributed by atoms with van der Waals surface area (Å²) in [4.78, 5) is 38.7. The number of carbonyl (C=O) groups excluding carboxylic acids is 3. The molecule has 1 saturated heterocycles. The molecule has 1 atom stereocenters. The van der Waals surface area contributed by atoms with Crippen molar-refractivity contribution in [3.05, 3.63) is 35.9 Å². The van der Waals surface area contributed by atoms with Gasteiger partial charge >= 0.3 is 12.0 Å². The topological polar surface area (TPSA) is 92.9 Å². The minimum atomic E-state index is -1.07. The Hall–Kier alpha value is -2.41. The fraction of sp³-hybridized carbons (Fsp3) is 0.357. The molecule has 112 valence electrons. The molecule has 7 nitrogen and oxygen atoms in total. The number of methoxy groups -OCH3 is 1. The lowest BCUT2D eigenvalue weighted by atomic mass is 10.1. The zero-order chi connectivity index (χ0) is 15.4. The monoisotopic (exact) mass is 291 g/mol. The van der Waals surface area contributed by atoms with E-state index >= 15 is 0 Å². The Balaban J connectivity index is 2.36. The van der Waals surface area contributed by atoms with Gasteiger partial charge in [-0.05, 0) is 5.56 Å². The second kappa shape index (κ2) is 6.36. The molecule has 0 aromatic heterocycles. The van der Waals surface area contributed by atoms with Crippen LogP contribution in [0.3, 0.4) is 0 Å². The van der Waals surface area contributed by atoms with Crippen LogP contribution in [0.1, 0.15) is 11.6 Å². The van der Waals surface area contributed by atoms with Gasteiger partial charge in [0, 0.05) is 13.1 Å². The lowest BCUT2D eigenvalue weighted by Crippen LogP contribution is -2.41. The molecule has 1 fully saturated rings. The number of hydrogen-bond donors (Lipinski definition) is 1. The predicted octanol–water partition coefficient (Wildman–Crippen LogP) is 0.124. The van der Waals surface area contributed by atoms with Crippen molar-refractivity contribution >= 4 is 17.9 Å². The van der Waals surface area contributed by atoms with Gasteiger partial charge in [-0.2, -0.15) is 0 Å². The van der Waals surface area contributed by atoms with Crippen LogP contribution in [0.25, 0.3) is 0 Å². The van der Waals surface area contributed by atoms with E-state index in [1.807, 2.05) is 0 Å². The number of amides is 3. The average Bonchev–Trinajstić information content (AvgIpc) is 2.77. The standard InChI is InChI=1S/C14H17N3O4/c1-21-13(19)12(10-5-3-2-4-6-10)17-11(18)9-16(8-7-15)14(17)20/h2-6,12H,7-9,15H2,1H3. The van der Waals surface area contributed by atoms with E-state index in [2.05, 4.69) is 0 Å². The summed E-state index contributed by atoms with van der Waals surface area (Å²) in [5.74, 6) is -1.09. The summed E-state index contributed by atoms with van der Waals surface area (Å²) >= 11 is 0. The summed E-state index contributed by atoms with van der Waals surface area (Å²) in [6.07, 6.45) is 0. The summed E-state index contributed by atoms with van der Waals surface area (Å²) in [5, 5.41) is 0. The van der Waals surface area contributed by atoms with E-state index in [0.717, 1.165) is 4.90 Å². The van der Waals surface area contributed by atoms with Gasteiger partial charge in [-0.1, -0.05) is 30.3 Å². The zero-order valence-electron chi connectivity index (χ0n) is 11.7. The van der Waals surface area contributed by atoms with Crippen LogP contribution >= 0.6 is 0 Å². The number of nitrogens with zero attached hydrogens (tertiary/aromatic N) is 2. The molecule has 1 heterocycles. The van der Waals surface area contributed by atoms with Crippen molar-refractivity contribution in [2.45, 2.75) is 6.04 Å². The number of imide groups is 1. The predicted molar refractivity (Wildman–Crippen MR) is 74.1 cm³/mol. The lowest BCUT2D eigenvalue weighted by molar-refractivity contribution is -0.149. The second-order valence-electron chi connectivity index (χ2n) is 4.59. The molecule has 2 rings (SSSR count). The Labute approximate surface area is 122 Å². The molecule has 1 aliphatic rings. The van der Waals surface area contributed by atoms with Crippen LogP contribution < -0.4 is 5.73 Å². The van der Waals surface area contributed by atoms with E-state index in [9.17, 15) is 14.4 Å². The summed E-state index contributed by atoms with van der Waals surface area (Å²) < 4.78 is 4.74. The Bertz CT molecular complexity index is 546.